The van der Waals surface area contributed by atoms with Crippen LogP contribution in [0.3, 0.4) is 0 Å². The molecule has 0 aliphatic carbocycles. The van der Waals surface area contributed by atoms with Crippen LogP contribution < -0.4 is 0 Å². The quantitative estimate of drug-likeness (QED) is 0.102. The highest BCUT2D eigenvalue weighted by molar-refractivity contribution is 4.56. The van der Waals surface area contributed by atoms with Crippen LogP contribution in [-0.2, 0) is 0 Å². The molecule has 0 rings (SSSR count). The van der Waals surface area contributed by atoms with Crippen LogP contribution in [0.15, 0.2) is 0 Å². The number of hydrogen-bond acceptors (Lipinski definition) is 1. The second-order valence-electron chi connectivity index (χ2n) is 12.2. The van der Waals surface area contributed by atoms with Crippen molar-refractivity contribution in [2.24, 2.45) is 5.92 Å². The van der Waals surface area contributed by atoms with Crippen LogP contribution in [0.25, 0.3) is 0 Å². The van der Waals surface area contributed by atoms with Gasteiger partial charge in [0.2, 0.25) is 0 Å². The van der Waals surface area contributed by atoms with Gasteiger partial charge < -0.3 is 4.90 Å². The van der Waals surface area contributed by atoms with E-state index in [4.69, 9.17) is 0 Å². The first-order chi connectivity index (χ1) is 17.0. The molecule has 0 aliphatic rings. The van der Waals surface area contributed by atoms with Gasteiger partial charge in [0.1, 0.15) is 0 Å². The molecule has 0 fully saturated rings. The Hall–Kier alpha value is -0.0400. The Morgan fingerprint density at radius 3 is 0.714 bits per heavy atom. The van der Waals surface area contributed by atoms with E-state index in [1.54, 1.807) is 0 Å². The molecule has 1 atom stereocenters. The third kappa shape index (κ3) is 41.4. The number of rotatable bonds is 27. The molecule has 0 aromatic rings. The fourth-order valence-corrected chi connectivity index (χ4v) is 4.99. The number of nitrogens with zero attached hydrogens (tertiary/aromatic N) is 1. The van der Waals surface area contributed by atoms with Gasteiger partial charge in [0, 0.05) is 0 Å². The fourth-order valence-electron chi connectivity index (χ4n) is 4.99. The molecular formula is C34H73N. The molecule has 0 radical (unpaired) electrons. The van der Waals surface area contributed by atoms with Crippen molar-refractivity contribution in [3.63, 3.8) is 0 Å². The van der Waals surface area contributed by atoms with Gasteiger partial charge >= 0.3 is 0 Å². The summed E-state index contributed by atoms with van der Waals surface area (Å²) in [6.07, 6.45) is 39.8. The van der Waals surface area contributed by atoms with E-state index in [9.17, 15) is 0 Å². The molecule has 1 unspecified atom stereocenters. The van der Waals surface area contributed by atoms with Crippen molar-refractivity contribution >= 4 is 0 Å². The highest BCUT2D eigenvalue weighted by atomic mass is 15.0. The van der Waals surface area contributed by atoms with E-state index in [2.05, 4.69) is 20.8 Å². The zero-order chi connectivity index (χ0) is 26.2. The van der Waals surface area contributed by atoms with Crippen LogP contribution in [0.5, 0.6) is 0 Å². The van der Waals surface area contributed by atoms with Crippen LogP contribution in [0.4, 0.5) is 0 Å². The van der Waals surface area contributed by atoms with E-state index in [0.29, 0.717) is 0 Å². The molecule has 0 saturated heterocycles. The topological polar surface area (TPSA) is 3.24 Å². The molecule has 0 aromatic carbocycles. The molecule has 35 heavy (non-hydrogen) atoms. The van der Waals surface area contributed by atoms with E-state index < -0.39 is 0 Å². The largest absolute Gasteiger partial charge is 0.312 e. The highest BCUT2D eigenvalue weighted by Gasteiger charge is 2.02. The lowest BCUT2D eigenvalue weighted by atomic mass is 9.95. The van der Waals surface area contributed by atoms with E-state index in [1.165, 1.54) is 173 Å². The van der Waals surface area contributed by atoms with Gasteiger partial charge in [0.15, 0.2) is 0 Å². The Bertz CT molecular complexity index is 335. The van der Waals surface area contributed by atoms with E-state index in [-0.39, 0.29) is 0 Å². The first kappa shape index (κ1) is 37.1. The summed E-state index contributed by atoms with van der Waals surface area (Å²) in [4.78, 5) is 2.00. The molecule has 214 valence electrons. The van der Waals surface area contributed by atoms with E-state index >= 15 is 0 Å². The van der Waals surface area contributed by atoms with Gasteiger partial charge in [-0.15, -0.1) is 0 Å². The average Bonchev–Trinajstić information content (AvgIpc) is 2.82. The van der Waals surface area contributed by atoms with Crippen molar-refractivity contribution in [3.8, 4) is 0 Å². The van der Waals surface area contributed by atoms with Gasteiger partial charge in [-0.05, 0) is 27.1 Å². The predicted octanol–water partition coefficient (Wildman–Crippen LogP) is 12.4. The molecule has 0 aromatic heterocycles. The van der Waals surface area contributed by atoms with Crippen molar-refractivity contribution in [1.29, 1.82) is 0 Å². The predicted molar refractivity (Wildman–Crippen MR) is 165 cm³/mol. The normalized spacial score (nSPS) is 12.1. The SMILES string of the molecule is CCCCCCCCCCCCCCCC(C)CCCCCCCCCCCCCC.CN(C)C. The van der Waals surface area contributed by atoms with Crippen LogP contribution in [0.1, 0.15) is 194 Å². The smallest absolute Gasteiger partial charge is 0.0140 e. The van der Waals surface area contributed by atoms with E-state index in [1.807, 2.05) is 26.0 Å². The van der Waals surface area contributed by atoms with Crippen molar-refractivity contribution in [3.05, 3.63) is 0 Å². The zero-order valence-corrected chi connectivity index (χ0v) is 26.1. The monoisotopic (exact) mass is 496 g/mol. The summed E-state index contributed by atoms with van der Waals surface area (Å²) >= 11 is 0. The van der Waals surface area contributed by atoms with Crippen LogP contribution in [0, 0.1) is 5.92 Å². The standard InChI is InChI=1S/C31H64.C3H9N/c1-4-6-8-10-12-14-16-18-20-22-24-26-28-30-31(3)29-27-25-23-21-19-17-15-13-11-9-7-5-2;1-4(2)3/h31H,4-30H2,1-3H3;1-3H3. The molecule has 0 saturated carbocycles. The molecule has 1 heteroatoms. The summed E-state index contributed by atoms with van der Waals surface area (Å²) in [6, 6.07) is 0. The van der Waals surface area contributed by atoms with E-state index in [0.717, 1.165) is 5.92 Å². The minimum Gasteiger partial charge on any atom is -0.312 e. The Morgan fingerprint density at radius 1 is 0.343 bits per heavy atom. The second-order valence-corrected chi connectivity index (χ2v) is 12.2. The third-order valence-corrected chi connectivity index (χ3v) is 7.35. The molecular weight excluding hydrogens is 422 g/mol. The Balaban J connectivity index is 0. The maximum Gasteiger partial charge on any atom is -0.0140 e. The lowest BCUT2D eigenvalue weighted by Gasteiger charge is -2.11. The maximum atomic E-state index is 2.50. The summed E-state index contributed by atoms with van der Waals surface area (Å²) in [5.74, 6) is 0.968. The molecule has 0 aliphatic heterocycles. The Morgan fingerprint density at radius 2 is 0.514 bits per heavy atom. The van der Waals surface area contributed by atoms with Crippen LogP contribution in [0.2, 0.25) is 0 Å². The summed E-state index contributed by atoms with van der Waals surface area (Å²) in [7, 11) is 6.00. The molecule has 0 N–H and O–H groups in total. The summed E-state index contributed by atoms with van der Waals surface area (Å²) in [5, 5.41) is 0. The maximum absolute atomic E-state index is 2.50. The highest BCUT2D eigenvalue weighted by Crippen LogP contribution is 2.19. The van der Waals surface area contributed by atoms with Crippen molar-refractivity contribution in [1.82, 2.24) is 4.90 Å². The molecule has 1 nitrogen and oxygen atoms in total. The number of hydrogen-bond donors (Lipinski definition) is 0. The number of unbranched alkanes of at least 4 members (excludes halogenated alkanes) is 23. The van der Waals surface area contributed by atoms with Gasteiger partial charge in [-0.2, -0.15) is 0 Å². The lowest BCUT2D eigenvalue weighted by molar-refractivity contribution is 0.429. The molecule has 0 bridgehead atoms. The Kier molecular flexibility index (Phi) is 36.0. The van der Waals surface area contributed by atoms with Gasteiger partial charge in [-0.25, -0.2) is 0 Å². The van der Waals surface area contributed by atoms with Gasteiger partial charge in [-0.1, -0.05) is 194 Å². The van der Waals surface area contributed by atoms with Crippen LogP contribution >= 0.6 is 0 Å². The summed E-state index contributed by atoms with van der Waals surface area (Å²) < 4.78 is 0. The van der Waals surface area contributed by atoms with Crippen molar-refractivity contribution < 1.29 is 0 Å². The third-order valence-electron chi connectivity index (χ3n) is 7.35. The first-order valence-corrected chi connectivity index (χ1v) is 16.6. The Labute approximate surface area is 226 Å². The summed E-state index contributed by atoms with van der Waals surface area (Å²) in [6.45, 7) is 7.11. The van der Waals surface area contributed by atoms with Gasteiger partial charge in [0.05, 0.1) is 0 Å². The average molecular weight is 496 g/mol. The minimum absolute atomic E-state index is 0.968. The fraction of sp³-hybridized carbons (Fsp3) is 1.00. The molecule has 0 amide bonds. The molecule has 0 heterocycles. The van der Waals surface area contributed by atoms with Gasteiger partial charge in [0.25, 0.3) is 0 Å². The van der Waals surface area contributed by atoms with Crippen molar-refractivity contribution in [2.45, 2.75) is 194 Å². The lowest BCUT2D eigenvalue weighted by Crippen LogP contribution is -1.99. The molecule has 0 spiro atoms. The van der Waals surface area contributed by atoms with Crippen molar-refractivity contribution in [2.75, 3.05) is 21.1 Å². The first-order valence-electron chi connectivity index (χ1n) is 16.6. The minimum atomic E-state index is 0.968. The second kappa shape index (κ2) is 34.0. The zero-order valence-electron chi connectivity index (χ0n) is 26.1. The van der Waals surface area contributed by atoms with Crippen LogP contribution in [-0.4, -0.2) is 26.0 Å². The summed E-state index contributed by atoms with van der Waals surface area (Å²) in [5.41, 5.74) is 0. The van der Waals surface area contributed by atoms with Gasteiger partial charge in [-0.3, -0.25) is 0 Å².